The monoisotopic (exact) mass is 252 g/mol. The van der Waals surface area contributed by atoms with Crippen LogP contribution in [0.15, 0.2) is 30.3 Å². The normalized spacial score (nSPS) is 11.8. The minimum absolute atomic E-state index is 0.154. The third-order valence-corrected chi connectivity index (χ3v) is 2.27. The van der Waals surface area contributed by atoms with Crippen LogP contribution in [0.2, 0.25) is 0 Å². The number of benzene rings is 1. The van der Waals surface area contributed by atoms with E-state index in [1.165, 1.54) is 0 Å². The molecule has 0 aromatic heterocycles. The number of carbonyl (C=O) groups is 2. The molecule has 1 atom stereocenters. The second-order valence-electron chi connectivity index (χ2n) is 3.64. The van der Waals surface area contributed by atoms with Crippen LogP contribution in [0.5, 0.6) is 0 Å². The van der Waals surface area contributed by atoms with Crippen molar-refractivity contribution in [1.29, 1.82) is 0 Å². The summed E-state index contributed by atoms with van der Waals surface area (Å²) in [5.41, 5.74) is 0.922. The molecule has 1 rings (SSSR count). The Hall–Kier alpha value is -1.88. The van der Waals surface area contributed by atoms with Crippen molar-refractivity contribution < 1.29 is 24.2 Å². The Morgan fingerprint density at radius 1 is 1.28 bits per heavy atom. The Bertz CT molecular complexity index is 388. The average Bonchev–Trinajstić information content (AvgIpc) is 2.35. The fourth-order valence-electron chi connectivity index (χ4n) is 1.35. The molecule has 0 saturated heterocycles. The summed E-state index contributed by atoms with van der Waals surface area (Å²) in [5, 5.41) is 8.89. The molecule has 1 aromatic carbocycles. The Kier molecular flexibility index (Phi) is 5.87. The van der Waals surface area contributed by atoms with E-state index in [9.17, 15) is 9.59 Å². The molecule has 1 N–H and O–H groups in total. The molecule has 0 bridgehead atoms. The highest BCUT2D eigenvalue weighted by Gasteiger charge is 2.27. The van der Waals surface area contributed by atoms with Gasteiger partial charge in [0, 0.05) is 0 Å². The molecule has 0 aliphatic heterocycles. The minimum atomic E-state index is -1.27. The molecular weight excluding hydrogens is 236 g/mol. The molecule has 0 spiro atoms. The first-order chi connectivity index (χ1) is 8.65. The third kappa shape index (κ3) is 4.55. The topological polar surface area (TPSA) is 72.8 Å². The maximum atomic E-state index is 11.3. The molecule has 0 heterocycles. The molecule has 0 radical (unpaired) electrons. The third-order valence-electron chi connectivity index (χ3n) is 2.27. The SMILES string of the molecule is CCOC(=O)[C@@H](COCc1ccccc1)C(=O)O. The van der Waals surface area contributed by atoms with Gasteiger partial charge in [-0.3, -0.25) is 9.59 Å². The Morgan fingerprint density at radius 2 is 1.94 bits per heavy atom. The molecule has 0 saturated carbocycles. The summed E-state index contributed by atoms with van der Waals surface area (Å²) in [4.78, 5) is 22.2. The van der Waals surface area contributed by atoms with E-state index < -0.39 is 17.9 Å². The van der Waals surface area contributed by atoms with Gasteiger partial charge in [0.15, 0.2) is 5.92 Å². The Balaban J connectivity index is 2.43. The van der Waals surface area contributed by atoms with Gasteiger partial charge in [0.2, 0.25) is 0 Å². The Labute approximate surface area is 105 Å². The highest BCUT2D eigenvalue weighted by Crippen LogP contribution is 2.06. The first kappa shape index (κ1) is 14.2. The molecule has 0 aliphatic carbocycles. The Morgan fingerprint density at radius 3 is 2.50 bits per heavy atom. The summed E-state index contributed by atoms with van der Waals surface area (Å²) >= 11 is 0. The van der Waals surface area contributed by atoms with Gasteiger partial charge in [-0.1, -0.05) is 30.3 Å². The average molecular weight is 252 g/mol. The number of esters is 1. The van der Waals surface area contributed by atoms with Gasteiger partial charge in [0.05, 0.1) is 19.8 Å². The zero-order valence-corrected chi connectivity index (χ0v) is 10.2. The van der Waals surface area contributed by atoms with E-state index in [2.05, 4.69) is 4.74 Å². The van der Waals surface area contributed by atoms with Gasteiger partial charge in [-0.05, 0) is 12.5 Å². The summed E-state index contributed by atoms with van der Waals surface area (Å²) in [6.07, 6.45) is 0. The molecule has 1 aromatic rings. The molecule has 0 amide bonds. The smallest absolute Gasteiger partial charge is 0.322 e. The van der Waals surface area contributed by atoms with Crippen molar-refractivity contribution in [2.75, 3.05) is 13.2 Å². The minimum Gasteiger partial charge on any atom is -0.481 e. The zero-order valence-electron chi connectivity index (χ0n) is 10.2. The van der Waals surface area contributed by atoms with Crippen LogP contribution in [0.4, 0.5) is 0 Å². The van der Waals surface area contributed by atoms with Crippen molar-refractivity contribution in [3.63, 3.8) is 0 Å². The number of ether oxygens (including phenoxy) is 2. The summed E-state index contributed by atoms with van der Waals surface area (Å²) in [7, 11) is 0. The van der Waals surface area contributed by atoms with Crippen LogP contribution in [0.1, 0.15) is 12.5 Å². The van der Waals surface area contributed by atoms with Gasteiger partial charge in [0.1, 0.15) is 0 Å². The molecule has 5 heteroatoms. The van der Waals surface area contributed by atoms with Crippen LogP contribution in [-0.2, 0) is 25.7 Å². The van der Waals surface area contributed by atoms with Gasteiger partial charge in [-0.25, -0.2) is 0 Å². The first-order valence-corrected chi connectivity index (χ1v) is 5.66. The van der Waals surface area contributed by atoms with Crippen LogP contribution in [0.3, 0.4) is 0 Å². The van der Waals surface area contributed by atoms with E-state index in [1.807, 2.05) is 30.3 Å². The highest BCUT2D eigenvalue weighted by molar-refractivity contribution is 5.94. The van der Waals surface area contributed by atoms with E-state index in [4.69, 9.17) is 9.84 Å². The van der Waals surface area contributed by atoms with Crippen LogP contribution in [0, 0.1) is 5.92 Å². The van der Waals surface area contributed by atoms with E-state index in [0.717, 1.165) is 5.56 Å². The fourth-order valence-corrected chi connectivity index (χ4v) is 1.35. The van der Waals surface area contributed by atoms with E-state index in [0.29, 0.717) is 0 Å². The largest absolute Gasteiger partial charge is 0.481 e. The lowest BCUT2D eigenvalue weighted by atomic mass is 10.1. The van der Waals surface area contributed by atoms with Crippen LogP contribution in [-0.4, -0.2) is 30.3 Å². The second-order valence-corrected chi connectivity index (χ2v) is 3.64. The van der Waals surface area contributed by atoms with Crippen molar-refractivity contribution in [3.05, 3.63) is 35.9 Å². The number of hydrogen-bond donors (Lipinski definition) is 1. The molecule has 0 aliphatic rings. The number of aliphatic carboxylic acids is 1. The summed E-state index contributed by atoms with van der Waals surface area (Å²) in [5.74, 6) is -3.27. The zero-order chi connectivity index (χ0) is 13.4. The quantitative estimate of drug-likeness (QED) is 0.587. The highest BCUT2D eigenvalue weighted by atomic mass is 16.5. The summed E-state index contributed by atoms with van der Waals surface area (Å²) in [6, 6.07) is 9.32. The maximum Gasteiger partial charge on any atom is 0.322 e. The lowest BCUT2D eigenvalue weighted by Crippen LogP contribution is -2.30. The van der Waals surface area contributed by atoms with Gasteiger partial charge in [-0.2, -0.15) is 0 Å². The molecule has 18 heavy (non-hydrogen) atoms. The lowest BCUT2D eigenvalue weighted by Gasteiger charge is -2.11. The lowest BCUT2D eigenvalue weighted by molar-refractivity contribution is -0.161. The molecular formula is C13H16O5. The predicted molar refractivity (Wildman–Crippen MR) is 63.9 cm³/mol. The predicted octanol–water partition coefficient (Wildman–Crippen LogP) is 1.47. The number of carboxylic acids is 1. The van der Waals surface area contributed by atoms with E-state index in [-0.39, 0.29) is 19.8 Å². The van der Waals surface area contributed by atoms with Crippen LogP contribution >= 0.6 is 0 Å². The molecule has 0 unspecified atom stereocenters. The number of rotatable bonds is 7. The maximum absolute atomic E-state index is 11.3. The van der Waals surface area contributed by atoms with Gasteiger partial charge >= 0.3 is 11.9 Å². The van der Waals surface area contributed by atoms with Gasteiger partial charge in [-0.15, -0.1) is 0 Å². The van der Waals surface area contributed by atoms with Gasteiger partial charge in [0.25, 0.3) is 0 Å². The summed E-state index contributed by atoms with van der Waals surface area (Å²) in [6.45, 7) is 1.86. The number of carbonyl (C=O) groups excluding carboxylic acids is 1. The van der Waals surface area contributed by atoms with E-state index >= 15 is 0 Å². The van der Waals surface area contributed by atoms with E-state index in [1.54, 1.807) is 6.92 Å². The van der Waals surface area contributed by atoms with Crippen molar-refractivity contribution in [2.45, 2.75) is 13.5 Å². The molecule has 98 valence electrons. The van der Waals surface area contributed by atoms with Crippen molar-refractivity contribution >= 4 is 11.9 Å². The van der Waals surface area contributed by atoms with Crippen molar-refractivity contribution in [1.82, 2.24) is 0 Å². The molecule has 5 nitrogen and oxygen atoms in total. The van der Waals surface area contributed by atoms with Crippen LogP contribution in [0.25, 0.3) is 0 Å². The number of carboxylic acid groups (broad SMARTS) is 1. The van der Waals surface area contributed by atoms with Crippen LogP contribution < -0.4 is 0 Å². The standard InChI is InChI=1S/C13H16O5/c1-2-18-13(16)11(12(14)15)9-17-8-10-6-4-3-5-7-10/h3-7,11H,2,8-9H2,1H3,(H,14,15)/t11-/m0/s1. The summed E-state index contributed by atoms with van der Waals surface area (Å²) < 4.78 is 9.90. The molecule has 0 fully saturated rings. The number of hydrogen-bond acceptors (Lipinski definition) is 4. The van der Waals surface area contributed by atoms with Crippen molar-refractivity contribution in [2.24, 2.45) is 5.92 Å². The van der Waals surface area contributed by atoms with Crippen molar-refractivity contribution in [3.8, 4) is 0 Å². The van der Waals surface area contributed by atoms with Gasteiger partial charge < -0.3 is 14.6 Å². The second kappa shape index (κ2) is 7.45. The first-order valence-electron chi connectivity index (χ1n) is 5.66. The fraction of sp³-hybridized carbons (Fsp3) is 0.385.